The first kappa shape index (κ1) is 16.3. The summed E-state index contributed by atoms with van der Waals surface area (Å²) in [5.74, 6) is 1.23. The molecule has 0 spiro atoms. The molecule has 0 radical (unpaired) electrons. The molecule has 116 valence electrons. The molecule has 0 heterocycles. The van der Waals surface area contributed by atoms with Crippen LogP contribution in [0.5, 0.6) is 5.75 Å². The molecule has 1 saturated carbocycles. The summed E-state index contributed by atoms with van der Waals surface area (Å²) in [5, 5.41) is 2.92. The van der Waals surface area contributed by atoms with Gasteiger partial charge in [0.25, 0.3) is 5.91 Å². The Labute approximate surface area is 134 Å². The molecule has 1 aromatic carbocycles. The molecular formula is C16H23BrN2O2. The highest BCUT2D eigenvalue weighted by Crippen LogP contribution is 2.31. The number of halogens is 1. The van der Waals surface area contributed by atoms with Crippen LogP contribution in [0, 0.1) is 11.8 Å². The summed E-state index contributed by atoms with van der Waals surface area (Å²) in [7, 11) is 0. The van der Waals surface area contributed by atoms with Crippen LogP contribution in [0.1, 0.15) is 26.7 Å². The minimum absolute atomic E-state index is 0.0604. The fourth-order valence-electron chi connectivity index (χ4n) is 2.18. The molecule has 2 rings (SSSR count). The first-order valence-electron chi connectivity index (χ1n) is 7.43. The number of ether oxygens (including phenoxy) is 1. The van der Waals surface area contributed by atoms with Gasteiger partial charge in [-0.1, -0.05) is 26.0 Å². The van der Waals surface area contributed by atoms with E-state index < -0.39 is 6.10 Å². The number of rotatable bonds is 7. The molecule has 0 bridgehead atoms. The van der Waals surface area contributed by atoms with Crippen molar-refractivity contribution < 1.29 is 9.53 Å². The standard InChI is InChI=1S/C16H23BrN2O2/c1-10(2)15(21-14-6-4-3-5-12(14)17)16(20)19-9-13(18)11-7-8-11/h3-6,10-11,13,15H,7-9,18H2,1-2H3,(H,19,20). The second kappa shape index (κ2) is 7.27. The lowest BCUT2D eigenvalue weighted by Gasteiger charge is -2.23. The van der Waals surface area contributed by atoms with Crippen molar-refractivity contribution in [1.82, 2.24) is 5.32 Å². The average Bonchev–Trinajstić information content (AvgIpc) is 3.27. The van der Waals surface area contributed by atoms with Crippen molar-refractivity contribution in [2.24, 2.45) is 17.6 Å². The molecule has 3 N–H and O–H groups in total. The Kier molecular flexibility index (Phi) is 5.65. The molecule has 1 aliphatic carbocycles. The Hall–Kier alpha value is -1.07. The third kappa shape index (κ3) is 4.71. The van der Waals surface area contributed by atoms with Crippen LogP contribution in [0.15, 0.2) is 28.7 Å². The normalized spacial score (nSPS) is 17.4. The number of benzene rings is 1. The van der Waals surface area contributed by atoms with E-state index in [1.807, 2.05) is 38.1 Å². The van der Waals surface area contributed by atoms with Crippen molar-refractivity contribution >= 4 is 21.8 Å². The largest absolute Gasteiger partial charge is 0.479 e. The van der Waals surface area contributed by atoms with E-state index in [1.165, 1.54) is 12.8 Å². The van der Waals surface area contributed by atoms with Gasteiger partial charge < -0.3 is 15.8 Å². The van der Waals surface area contributed by atoms with Gasteiger partial charge in [-0.25, -0.2) is 0 Å². The zero-order valence-electron chi connectivity index (χ0n) is 12.5. The summed E-state index contributed by atoms with van der Waals surface area (Å²) in [6.45, 7) is 4.47. The monoisotopic (exact) mass is 354 g/mol. The van der Waals surface area contributed by atoms with Gasteiger partial charge in [-0.2, -0.15) is 0 Å². The first-order chi connectivity index (χ1) is 9.99. The van der Waals surface area contributed by atoms with Gasteiger partial charge in [-0.05, 0) is 52.7 Å². The van der Waals surface area contributed by atoms with Gasteiger partial charge in [-0.3, -0.25) is 4.79 Å². The minimum Gasteiger partial charge on any atom is -0.479 e. The quantitative estimate of drug-likeness (QED) is 0.791. The van der Waals surface area contributed by atoms with Crippen molar-refractivity contribution in [2.75, 3.05) is 6.54 Å². The molecule has 2 unspecified atom stereocenters. The molecule has 21 heavy (non-hydrogen) atoms. The highest BCUT2D eigenvalue weighted by Gasteiger charge is 2.30. The number of hydrogen-bond acceptors (Lipinski definition) is 3. The summed E-state index contributed by atoms with van der Waals surface area (Å²) in [4.78, 5) is 12.3. The van der Waals surface area contributed by atoms with Crippen LogP contribution in [0.3, 0.4) is 0 Å². The Bertz CT molecular complexity index is 489. The maximum atomic E-state index is 12.3. The average molecular weight is 355 g/mol. The van der Waals surface area contributed by atoms with Crippen LogP contribution < -0.4 is 15.8 Å². The van der Waals surface area contributed by atoms with E-state index in [-0.39, 0.29) is 17.9 Å². The summed E-state index contributed by atoms with van der Waals surface area (Å²) >= 11 is 3.44. The van der Waals surface area contributed by atoms with Gasteiger partial charge >= 0.3 is 0 Å². The van der Waals surface area contributed by atoms with E-state index in [9.17, 15) is 4.79 Å². The lowest BCUT2D eigenvalue weighted by molar-refractivity contribution is -0.129. The molecule has 0 saturated heterocycles. The molecule has 2 atom stereocenters. The van der Waals surface area contributed by atoms with Gasteiger partial charge in [0.15, 0.2) is 6.10 Å². The zero-order valence-corrected chi connectivity index (χ0v) is 14.1. The number of nitrogens with two attached hydrogens (primary N) is 1. The zero-order chi connectivity index (χ0) is 15.4. The van der Waals surface area contributed by atoms with Crippen LogP contribution in [-0.4, -0.2) is 24.6 Å². The predicted molar refractivity (Wildman–Crippen MR) is 87.1 cm³/mol. The summed E-state index contributed by atoms with van der Waals surface area (Å²) in [6.07, 6.45) is 1.84. The van der Waals surface area contributed by atoms with Gasteiger partial charge in [0.2, 0.25) is 0 Å². The smallest absolute Gasteiger partial charge is 0.261 e. The maximum absolute atomic E-state index is 12.3. The lowest BCUT2D eigenvalue weighted by atomic mass is 10.1. The topological polar surface area (TPSA) is 64.3 Å². The van der Waals surface area contributed by atoms with E-state index in [4.69, 9.17) is 10.5 Å². The van der Waals surface area contributed by atoms with Gasteiger partial charge in [0.1, 0.15) is 5.75 Å². The SMILES string of the molecule is CC(C)C(Oc1ccccc1Br)C(=O)NCC(N)C1CC1. The highest BCUT2D eigenvalue weighted by atomic mass is 79.9. The third-order valence-corrected chi connectivity index (χ3v) is 4.35. The number of hydrogen-bond donors (Lipinski definition) is 2. The molecular weight excluding hydrogens is 332 g/mol. The van der Waals surface area contributed by atoms with E-state index in [0.717, 1.165) is 4.47 Å². The Morgan fingerprint density at radius 1 is 1.43 bits per heavy atom. The van der Waals surface area contributed by atoms with Crippen molar-refractivity contribution in [3.05, 3.63) is 28.7 Å². The van der Waals surface area contributed by atoms with Crippen LogP contribution in [-0.2, 0) is 4.79 Å². The van der Waals surface area contributed by atoms with Crippen LogP contribution in [0.4, 0.5) is 0 Å². The van der Waals surface area contributed by atoms with E-state index >= 15 is 0 Å². The Balaban J connectivity index is 1.94. The fourth-order valence-corrected chi connectivity index (χ4v) is 2.56. The fraction of sp³-hybridized carbons (Fsp3) is 0.562. The number of amides is 1. The van der Waals surface area contributed by atoms with Crippen molar-refractivity contribution in [2.45, 2.75) is 38.8 Å². The second-order valence-electron chi connectivity index (χ2n) is 5.96. The Morgan fingerprint density at radius 3 is 2.67 bits per heavy atom. The van der Waals surface area contributed by atoms with E-state index in [1.54, 1.807) is 0 Å². The molecule has 1 fully saturated rings. The summed E-state index contributed by atoms with van der Waals surface area (Å²) in [5.41, 5.74) is 6.02. The maximum Gasteiger partial charge on any atom is 0.261 e. The summed E-state index contributed by atoms with van der Waals surface area (Å²) in [6, 6.07) is 7.61. The first-order valence-corrected chi connectivity index (χ1v) is 8.22. The second-order valence-corrected chi connectivity index (χ2v) is 6.81. The van der Waals surface area contributed by atoms with Crippen molar-refractivity contribution in [1.29, 1.82) is 0 Å². The summed E-state index contributed by atoms with van der Waals surface area (Å²) < 4.78 is 6.72. The molecule has 4 nitrogen and oxygen atoms in total. The minimum atomic E-state index is -0.518. The number of nitrogens with one attached hydrogen (secondary N) is 1. The third-order valence-electron chi connectivity index (χ3n) is 3.69. The molecule has 1 amide bonds. The molecule has 0 aliphatic heterocycles. The highest BCUT2D eigenvalue weighted by molar-refractivity contribution is 9.10. The lowest BCUT2D eigenvalue weighted by Crippen LogP contribution is -2.46. The number of carbonyl (C=O) groups excluding carboxylic acids is 1. The van der Waals surface area contributed by atoms with Crippen molar-refractivity contribution in [3.63, 3.8) is 0 Å². The van der Waals surface area contributed by atoms with Crippen LogP contribution in [0.2, 0.25) is 0 Å². The molecule has 1 aliphatic rings. The number of carbonyl (C=O) groups is 1. The van der Waals surface area contributed by atoms with Gasteiger partial charge in [0, 0.05) is 12.6 Å². The molecule has 0 aromatic heterocycles. The van der Waals surface area contributed by atoms with E-state index in [0.29, 0.717) is 18.2 Å². The van der Waals surface area contributed by atoms with E-state index in [2.05, 4.69) is 21.2 Å². The van der Waals surface area contributed by atoms with Gasteiger partial charge in [-0.15, -0.1) is 0 Å². The number of para-hydroxylation sites is 1. The van der Waals surface area contributed by atoms with Crippen molar-refractivity contribution in [3.8, 4) is 5.75 Å². The van der Waals surface area contributed by atoms with Crippen LogP contribution in [0.25, 0.3) is 0 Å². The molecule has 5 heteroatoms. The molecule has 1 aromatic rings. The van der Waals surface area contributed by atoms with Crippen LogP contribution >= 0.6 is 15.9 Å². The van der Waals surface area contributed by atoms with Gasteiger partial charge in [0.05, 0.1) is 4.47 Å². The predicted octanol–water partition coefficient (Wildman–Crippen LogP) is 2.71. The Morgan fingerprint density at radius 2 is 2.10 bits per heavy atom.